The van der Waals surface area contributed by atoms with Gasteiger partial charge in [0.25, 0.3) is 15.2 Å². The van der Waals surface area contributed by atoms with Crippen LogP contribution in [0.25, 0.3) is 22.3 Å². The number of fused-ring (bicyclic) bond motifs is 1. The normalized spacial score (nSPS) is 11.8. The molecule has 0 unspecified atom stereocenters. The van der Waals surface area contributed by atoms with E-state index < -0.39 is 10.0 Å². The molecule has 3 rings (SSSR count). The van der Waals surface area contributed by atoms with Crippen molar-refractivity contribution in [2.75, 3.05) is 0 Å². The molecular formula is C11H9N5O2S. The lowest BCUT2D eigenvalue weighted by molar-refractivity contribution is 0.589. The number of hydrogen-bond acceptors (Lipinski definition) is 5. The van der Waals surface area contributed by atoms with Gasteiger partial charge in [-0.2, -0.15) is 10.1 Å². The maximum Gasteiger partial charge on any atom is 0.273 e. The van der Waals surface area contributed by atoms with Crippen molar-refractivity contribution in [2.45, 2.75) is 5.16 Å². The highest BCUT2D eigenvalue weighted by Crippen LogP contribution is 2.23. The molecule has 0 saturated carbocycles. The van der Waals surface area contributed by atoms with Gasteiger partial charge in [0.2, 0.25) is 5.82 Å². The Morgan fingerprint density at radius 1 is 1.16 bits per heavy atom. The van der Waals surface area contributed by atoms with E-state index in [2.05, 4.69) is 20.2 Å². The summed E-state index contributed by atoms with van der Waals surface area (Å²) in [5, 5.41) is 12.5. The molecule has 0 bridgehead atoms. The Hall–Kier alpha value is -2.32. The maximum atomic E-state index is 11.2. The van der Waals surface area contributed by atoms with Gasteiger partial charge < -0.3 is 0 Å². The van der Waals surface area contributed by atoms with Crippen LogP contribution in [-0.4, -0.2) is 28.6 Å². The molecule has 96 valence electrons. The van der Waals surface area contributed by atoms with Gasteiger partial charge in [0, 0.05) is 11.6 Å². The summed E-state index contributed by atoms with van der Waals surface area (Å²) in [6, 6.07) is 9.41. The van der Waals surface area contributed by atoms with Crippen LogP contribution in [0.1, 0.15) is 0 Å². The summed E-state index contributed by atoms with van der Waals surface area (Å²) < 4.78 is 22.3. The summed E-state index contributed by atoms with van der Waals surface area (Å²) in [6.07, 6.45) is 1.62. The second-order valence-corrected chi connectivity index (χ2v) is 5.37. The lowest BCUT2D eigenvalue weighted by atomic mass is 10.1. The smallest absolute Gasteiger partial charge is 0.252 e. The molecule has 0 radical (unpaired) electrons. The van der Waals surface area contributed by atoms with Crippen molar-refractivity contribution in [3.8, 4) is 11.5 Å². The molecule has 19 heavy (non-hydrogen) atoms. The van der Waals surface area contributed by atoms with Crippen LogP contribution in [-0.2, 0) is 10.0 Å². The summed E-state index contributed by atoms with van der Waals surface area (Å²) in [4.78, 5) is 8.05. The fourth-order valence-electron chi connectivity index (χ4n) is 1.78. The molecule has 3 N–H and O–H groups in total. The second kappa shape index (κ2) is 4.11. The third kappa shape index (κ3) is 2.07. The zero-order chi connectivity index (χ0) is 13.5. The molecule has 0 spiro atoms. The summed E-state index contributed by atoms with van der Waals surface area (Å²) >= 11 is 0. The van der Waals surface area contributed by atoms with E-state index in [1.165, 1.54) is 0 Å². The first-order valence-corrected chi connectivity index (χ1v) is 6.90. The van der Waals surface area contributed by atoms with Crippen molar-refractivity contribution >= 4 is 20.8 Å². The van der Waals surface area contributed by atoms with Crippen LogP contribution in [0.5, 0.6) is 0 Å². The number of aromatic amines is 1. The number of primary sulfonamides is 1. The molecule has 0 saturated heterocycles. The zero-order valence-electron chi connectivity index (χ0n) is 9.61. The van der Waals surface area contributed by atoms with E-state index >= 15 is 0 Å². The third-order valence-electron chi connectivity index (χ3n) is 2.62. The van der Waals surface area contributed by atoms with Gasteiger partial charge in [-0.15, -0.1) is 0 Å². The number of hydrogen-bond donors (Lipinski definition) is 2. The van der Waals surface area contributed by atoms with Gasteiger partial charge in [-0.3, -0.25) is 4.98 Å². The van der Waals surface area contributed by atoms with Crippen LogP contribution in [0.15, 0.2) is 41.7 Å². The lowest BCUT2D eigenvalue weighted by Gasteiger charge is -2.00. The van der Waals surface area contributed by atoms with Crippen molar-refractivity contribution in [3.63, 3.8) is 0 Å². The number of nitrogens with zero attached hydrogens (tertiary/aromatic N) is 3. The van der Waals surface area contributed by atoms with Crippen LogP contribution in [0.3, 0.4) is 0 Å². The molecule has 3 aromatic rings. The van der Waals surface area contributed by atoms with Gasteiger partial charge in [-0.05, 0) is 11.5 Å². The number of nitrogens with one attached hydrogen (secondary N) is 1. The first-order valence-electron chi connectivity index (χ1n) is 5.35. The van der Waals surface area contributed by atoms with Crippen LogP contribution in [0, 0.1) is 0 Å². The molecule has 0 aliphatic carbocycles. The summed E-state index contributed by atoms with van der Waals surface area (Å²) in [7, 11) is -3.90. The summed E-state index contributed by atoms with van der Waals surface area (Å²) in [5.74, 6) is 0.195. The lowest BCUT2D eigenvalue weighted by Crippen LogP contribution is -2.13. The number of pyridine rings is 1. The largest absolute Gasteiger partial charge is 0.273 e. The van der Waals surface area contributed by atoms with E-state index in [-0.39, 0.29) is 11.0 Å². The minimum Gasteiger partial charge on any atom is -0.252 e. The van der Waals surface area contributed by atoms with Gasteiger partial charge >= 0.3 is 0 Å². The van der Waals surface area contributed by atoms with Crippen LogP contribution >= 0.6 is 0 Å². The average Bonchev–Trinajstić information content (AvgIpc) is 2.87. The van der Waals surface area contributed by atoms with Gasteiger partial charge in [-0.1, -0.05) is 24.3 Å². The average molecular weight is 275 g/mol. The van der Waals surface area contributed by atoms with Crippen molar-refractivity contribution in [3.05, 3.63) is 36.5 Å². The molecule has 8 heteroatoms. The van der Waals surface area contributed by atoms with E-state index in [1.54, 1.807) is 6.20 Å². The number of rotatable bonds is 2. The number of H-pyrrole nitrogens is 1. The Kier molecular flexibility index (Phi) is 2.54. The highest BCUT2D eigenvalue weighted by Gasteiger charge is 2.16. The van der Waals surface area contributed by atoms with Crippen molar-refractivity contribution in [2.24, 2.45) is 5.14 Å². The summed E-state index contributed by atoms with van der Waals surface area (Å²) in [5.41, 5.74) is 0.504. The molecule has 0 aliphatic rings. The molecule has 1 aromatic carbocycles. The number of benzene rings is 1. The minimum absolute atomic E-state index is 0.195. The molecule has 0 aliphatic heterocycles. The Morgan fingerprint density at radius 2 is 1.95 bits per heavy atom. The van der Waals surface area contributed by atoms with Crippen LogP contribution < -0.4 is 5.14 Å². The fourth-order valence-corrected chi connectivity index (χ4v) is 2.16. The van der Waals surface area contributed by atoms with Crippen LogP contribution in [0.4, 0.5) is 0 Å². The fraction of sp³-hybridized carbons (Fsp3) is 0. The number of sulfonamides is 1. The van der Waals surface area contributed by atoms with Gasteiger partial charge in [-0.25, -0.2) is 18.7 Å². The van der Waals surface area contributed by atoms with E-state index in [0.29, 0.717) is 5.69 Å². The summed E-state index contributed by atoms with van der Waals surface area (Å²) in [6.45, 7) is 0. The molecule has 0 fully saturated rings. The second-order valence-electron chi connectivity index (χ2n) is 3.89. The highest BCUT2D eigenvalue weighted by atomic mass is 32.2. The van der Waals surface area contributed by atoms with E-state index in [1.807, 2.05) is 30.3 Å². The standard InChI is InChI=1S/C11H9N5O2S/c12-19(17,18)11-14-10(15-16-11)9-8-4-2-1-3-7(8)5-6-13-9/h1-6H,(H2,12,17,18)(H,14,15,16). The topological polar surface area (TPSA) is 115 Å². The van der Waals surface area contributed by atoms with E-state index in [0.717, 1.165) is 10.8 Å². The predicted molar refractivity (Wildman–Crippen MR) is 68.5 cm³/mol. The quantitative estimate of drug-likeness (QED) is 0.713. The first-order chi connectivity index (χ1) is 9.05. The van der Waals surface area contributed by atoms with Crippen LogP contribution in [0.2, 0.25) is 0 Å². The number of nitrogens with two attached hydrogens (primary N) is 1. The van der Waals surface area contributed by atoms with Gasteiger partial charge in [0.1, 0.15) is 5.69 Å². The molecule has 2 aromatic heterocycles. The SMILES string of the molecule is NS(=O)(=O)c1nc(-c2nccc3ccccc23)n[nH]1. The Morgan fingerprint density at radius 3 is 2.68 bits per heavy atom. The van der Waals surface area contributed by atoms with Crippen molar-refractivity contribution in [1.82, 2.24) is 20.2 Å². The Balaban J connectivity index is 2.23. The monoisotopic (exact) mass is 275 g/mol. The maximum absolute atomic E-state index is 11.2. The Labute approximate surface area is 108 Å². The zero-order valence-corrected chi connectivity index (χ0v) is 10.4. The first kappa shape index (κ1) is 11.8. The minimum atomic E-state index is -3.90. The molecule has 0 atom stereocenters. The van der Waals surface area contributed by atoms with Crippen molar-refractivity contribution < 1.29 is 8.42 Å². The van der Waals surface area contributed by atoms with E-state index in [9.17, 15) is 8.42 Å². The van der Waals surface area contributed by atoms with E-state index in [4.69, 9.17) is 5.14 Å². The van der Waals surface area contributed by atoms with Gasteiger partial charge in [0.05, 0.1) is 0 Å². The molecule has 0 amide bonds. The predicted octanol–water partition coefficient (Wildman–Crippen LogP) is 0.667. The third-order valence-corrected chi connectivity index (χ3v) is 3.34. The highest BCUT2D eigenvalue weighted by molar-refractivity contribution is 7.89. The van der Waals surface area contributed by atoms with Crippen molar-refractivity contribution in [1.29, 1.82) is 0 Å². The molecular weight excluding hydrogens is 266 g/mol. The number of aromatic nitrogens is 4. The van der Waals surface area contributed by atoms with Gasteiger partial charge in [0.15, 0.2) is 0 Å². The molecule has 2 heterocycles. The molecule has 7 nitrogen and oxygen atoms in total. The Bertz CT molecular complexity index is 851.